The first-order valence-corrected chi connectivity index (χ1v) is 8.70. The van der Waals surface area contributed by atoms with Gasteiger partial charge < -0.3 is 25.0 Å². The molecule has 0 saturated carbocycles. The Morgan fingerprint density at radius 2 is 1.83 bits per heavy atom. The number of anilines is 1. The first-order valence-electron chi connectivity index (χ1n) is 8.33. The van der Waals surface area contributed by atoms with Crippen LogP contribution in [-0.2, 0) is 9.47 Å². The summed E-state index contributed by atoms with van der Waals surface area (Å²) in [4.78, 5) is 8.92. The highest BCUT2D eigenvalue weighted by Gasteiger charge is 2.18. The summed E-state index contributed by atoms with van der Waals surface area (Å²) in [5, 5.41) is 0.764. The minimum absolute atomic E-state index is 0.627. The van der Waals surface area contributed by atoms with E-state index in [-0.39, 0.29) is 0 Å². The number of nitrogens with two attached hydrogens (primary N) is 1. The van der Waals surface area contributed by atoms with E-state index < -0.39 is 0 Å². The van der Waals surface area contributed by atoms with Crippen molar-refractivity contribution in [2.24, 2.45) is 10.7 Å². The fraction of sp³-hybridized carbons (Fsp3) is 0.588. The van der Waals surface area contributed by atoms with Crippen LogP contribution in [0.1, 0.15) is 6.42 Å². The van der Waals surface area contributed by atoms with Crippen molar-refractivity contribution in [3.8, 4) is 0 Å². The molecule has 0 amide bonds. The van der Waals surface area contributed by atoms with Crippen LogP contribution >= 0.6 is 11.6 Å². The molecule has 0 unspecified atom stereocenters. The van der Waals surface area contributed by atoms with Gasteiger partial charge in [-0.15, -0.1) is 0 Å². The number of rotatable bonds is 8. The molecule has 0 radical (unpaired) electrons. The van der Waals surface area contributed by atoms with Crippen LogP contribution in [0, 0.1) is 0 Å². The molecule has 0 bridgehead atoms. The number of guanidine groups is 1. The van der Waals surface area contributed by atoms with Crippen LogP contribution in [0.2, 0.25) is 5.02 Å². The number of ether oxygens (including phenoxy) is 2. The maximum atomic E-state index is 6.09. The summed E-state index contributed by atoms with van der Waals surface area (Å²) in [6.07, 6.45) is 0.870. The Hall–Kier alpha value is -1.50. The standard InChI is InChI=1S/C17H27ClN4O2/c1-23-13-14-24-12-2-7-20-17(19)22-10-8-21(9-11-22)16-5-3-15(18)4-6-16/h3-6H,2,7-14H2,1H3,(H2,19,20). The van der Waals surface area contributed by atoms with Gasteiger partial charge in [0.05, 0.1) is 13.2 Å². The smallest absolute Gasteiger partial charge is 0.191 e. The zero-order valence-electron chi connectivity index (χ0n) is 14.3. The van der Waals surface area contributed by atoms with Gasteiger partial charge in [0.25, 0.3) is 0 Å². The van der Waals surface area contributed by atoms with Crippen molar-refractivity contribution in [2.45, 2.75) is 6.42 Å². The zero-order chi connectivity index (χ0) is 17.2. The van der Waals surface area contributed by atoms with Crippen molar-refractivity contribution >= 4 is 23.2 Å². The Morgan fingerprint density at radius 1 is 1.12 bits per heavy atom. The molecular weight excluding hydrogens is 328 g/mol. The number of halogens is 1. The lowest BCUT2D eigenvalue weighted by molar-refractivity contribution is 0.0702. The van der Waals surface area contributed by atoms with Crippen molar-refractivity contribution < 1.29 is 9.47 Å². The van der Waals surface area contributed by atoms with Crippen LogP contribution in [0.4, 0.5) is 5.69 Å². The first kappa shape index (κ1) is 18.8. The molecule has 1 aromatic carbocycles. The van der Waals surface area contributed by atoms with E-state index >= 15 is 0 Å². The Bertz CT molecular complexity index is 502. The molecule has 1 aliphatic rings. The Labute approximate surface area is 149 Å². The van der Waals surface area contributed by atoms with E-state index in [0.717, 1.165) is 37.6 Å². The van der Waals surface area contributed by atoms with Gasteiger partial charge in [-0.25, -0.2) is 0 Å². The second-order valence-electron chi connectivity index (χ2n) is 5.65. The molecule has 0 aliphatic carbocycles. The van der Waals surface area contributed by atoms with Crippen molar-refractivity contribution in [3.63, 3.8) is 0 Å². The van der Waals surface area contributed by atoms with Gasteiger partial charge in [-0.2, -0.15) is 0 Å². The number of methoxy groups -OCH3 is 1. The Kier molecular flexibility index (Phi) is 8.15. The van der Waals surface area contributed by atoms with Crippen LogP contribution < -0.4 is 10.6 Å². The molecule has 134 valence electrons. The number of hydrogen-bond acceptors (Lipinski definition) is 4. The summed E-state index contributed by atoms with van der Waals surface area (Å²) in [6, 6.07) is 7.96. The summed E-state index contributed by atoms with van der Waals surface area (Å²) in [5.41, 5.74) is 7.29. The summed E-state index contributed by atoms with van der Waals surface area (Å²) in [7, 11) is 1.67. The third-order valence-corrected chi connectivity index (χ3v) is 4.20. The van der Waals surface area contributed by atoms with Crippen LogP contribution in [0.15, 0.2) is 29.3 Å². The lowest BCUT2D eigenvalue weighted by Crippen LogP contribution is -2.51. The maximum absolute atomic E-state index is 6.09. The molecule has 0 spiro atoms. The average molecular weight is 355 g/mol. The Balaban J connectivity index is 1.67. The largest absolute Gasteiger partial charge is 0.382 e. The van der Waals surface area contributed by atoms with Gasteiger partial charge in [-0.3, -0.25) is 4.99 Å². The number of hydrogen-bond donors (Lipinski definition) is 1. The number of benzene rings is 1. The highest BCUT2D eigenvalue weighted by molar-refractivity contribution is 6.30. The van der Waals surface area contributed by atoms with E-state index in [1.54, 1.807) is 7.11 Å². The topological polar surface area (TPSA) is 63.3 Å². The zero-order valence-corrected chi connectivity index (χ0v) is 15.0. The van der Waals surface area contributed by atoms with Crippen LogP contribution in [-0.4, -0.2) is 70.5 Å². The monoisotopic (exact) mass is 354 g/mol. The second kappa shape index (κ2) is 10.4. The van der Waals surface area contributed by atoms with E-state index in [0.29, 0.717) is 32.3 Å². The van der Waals surface area contributed by atoms with Gasteiger partial charge in [-0.05, 0) is 30.7 Å². The van der Waals surface area contributed by atoms with Gasteiger partial charge in [0, 0.05) is 57.2 Å². The van der Waals surface area contributed by atoms with Crippen LogP contribution in [0.5, 0.6) is 0 Å². The summed E-state index contributed by atoms with van der Waals surface area (Å²) in [6.45, 7) is 6.24. The predicted octanol–water partition coefficient (Wildman–Crippen LogP) is 1.83. The van der Waals surface area contributed by atoms with Crippen molar-refractivity contribution in [2.75, 3.05) is 64.6 Å². The fourth-order valence-corrected chi connectivity index (χ4v) is 2.68. The lowest BCUT2D eigenvalue weighted by Gasteiger charge is -2.36. The molecule has 1 fully saturated rings. The minimum atomic E-state index is 0.627. The minimum Gasteiger partial charge on any atom is -0.382 e. The normalized spacial score (nSPS) is 15.8. The summed E-state index contributed by atoms with van der Waals surface area (Å²) in [5.74, 6) is 0.627. The quantitative estimate of drug-likeness (QED) is 0.438. The average Bonchev–Trinajstić information content (AvgIpc) is 2.61. The molecule has 2 rings (SSSR count). The molecule has 0 aromatic heterocycles. The SMILES string of the molecule is COCCOCCCN=C(N)N1CCN(c2ccc(Cl)cc2)CC1. The van der Waals surface area contributed by atoms with E-state index in [4.69, 9.17) is 26.8 Å². The van der Waals surface area contributed by atoms with Gasteiger partial charge in [0.1, 0.15) is 0 Å². The van der Waals surface area contributed by atoms with Gasteiger partial charge in [0.2, 0.25) is 0 Å². The number of nitrogens with zero attached hydrogens (tertiary/aromatic N) is 3. The van der Waals surface area contributed by atoms with Crippen LogP contribution in [0.25, 0.3) is 0 Å². The Morgan fingerprint density at radius 3 is 2.50 bits per heavy atom. The molecular formula is C17H27ClN4O2. The van der Waals surface area contributed by atoms with E-state index in [9.17, 15) is 0 Å². The van der Waals surface area contributed by atoms with E-state index in [1.165, 1.54) is 5.69 Å². The van der Waals surface area contributed by atoms with Crippen molar-refractivity contribution in [1.29, 1.82) is 0 Å². The lowest BCUT2D eigenvalue weighted by atomic mass is 10.2. The van der Waals surface area contributed by atoms with Gasteiger partial charge in [-0.1, -0.05) is 11.6 Å². The van der Waals surface area contributed by atoms with Crippen molar-refractivity contribution in [3.05, 3.63) is 29.3 Å². The second-order valence-corrected chi connectivity index (χ2v) is 6.09. The molecule has 0 atom stereocenters. The molecule has 2 N–H and O–H groups in total. The number of aliphatic imine (C=N–C) groups is 1. The highest BCUT2D eigenvalue weighted by Crippen LogP contribution is 2.19. The third kappa shape index (κ3) is 6.19. The maximum Gasteiger partial charge on any atom is 0.191 e. The predicted molar refractivity (Wildman–Crippen MR) is 99.0 cm³/mol. The summed E-state index contributed by atoms with van der Waals surface area (Å²) >= 11 is 5.94. The van der Waals surface area contributed by atoms with E-state index in [1.807, 2.05) is 12.1 Å². The third-order valence-electron chi connectivity index (χ3n) is 3.95. The molecule has 1 aromatic rings. The number of piperazine rings is 1. The van der Waals surface area contributed by atoms with E-state index in [2.05, 4.69) is 26.9 Å². The molecule has 6 nitrogen and oxygen atoms in total. The van der Waals surface area contributed by atoms with Gasteiger partial charge in [0.15, 0.2) is 5.96 Å². The van der Waals surface area contributed by atoms with Crippen molar-refractivity contribution in [1.82, 2.24) is 4.90 Å². The molecule has 24 heavy (non-hydrogen) atoms. The highest BCUT2D eigenvalue weighted by atomic mass is 35.5. The van der Waals surface area contributed by atoms with Crippen LogP contribution in [0.3, 0.4) is 0 Å². The fourth-order valence-electron chi connectivity index (χ4n) is 2.55. The van der Waals surface area contributed by atoms with Gasteiger partial charge >= 0.3 is 0 Å². The molecule has 1 heterocycles. The first-order chi connectivity index (χ1) is 11.7. The summed E-state index contributed by atoms with van der Waals surface area (Å²) < 4.78 is 10.3. The molecule has 7 heteroatoms. The molecule has 1 saturated heterocycles. The molecule has 1 aliphatic heterocycles.